The molecular formula is C34H33ClN2O6S. The lowest BCUT2D eigenvalue weighted by molar-refractivity contribution is -0.139. The van der Waals surface area contributed by atoms with Crippen LogP contribution in [-0.4, -0.2) is 31.4 Å². The summed E-state index contributed by atoms with van der Waals surface area (Å²) in [5.41, 5.74) is 2.93. The van der Waals surface area contributed by atoms with Crippen LogP contribution in [0.15, 0.2) is 87.8 Å². The second-order valence-electron chi connectivity index (χ2n) is 9.98. The molecule has 4 aromatic rings. The Morgan fingerprint density at radius 3 is 2.45 bits per heavy atom. The van der Waals surface area contributed by atoms with Gasteiger partial charge in [0.25, 0.3) is 5.56 Å². The molecule has 10 heteroatoms. The van der Waals surface area contributed by atoms with Gasteiger partial charge in [-0.3, -0.25) is 9.36 Å². The zero-order valence-corrected chi connectivity index (χ0v) is 26.5. The quantitative estimate of drug-likeness (QED) is 0.193. The minimum Gasteiger partial charge on any atom is -0.496 e. The molecule has 0 aliphatic carbocycles. The highest BCUT2D eigenvalue weighted by atomic mass is 35.5. The number of aromatic nitrogens is 1. The van der Waals surface area contributed by atoms with Gasteiger partial charge in [-0.2, -0.15) is 0 Å². The van der Waals surface area contributed by atoms with Crippen molar-refractivity contribution in [3.05, 3.63) is 119 Å². The molecule has 1 aliphatic rings. The molecule has 5 rings (SSSR count). The minimum atomic E-state index is -0.842. The monoisotopic (exact) mass is 632 g/mol. The first-order valence-corrected chi connectivity index (χ1v) is 15.5. The zero-order chi connectivity index (χ0) is 31.2. The standard InChI is InChI=1S/C34H33ClN2O6S/c1-5-10-25-30(33(39)42-6-2)31(24-19-23(35)14-16-26(24)40-3)37-32(38)29(44-34(37)36-25)18-22-13-15-27(28(17-22)41-4)43-20-21-11-8-7-9-12-21/h7-9,11-19,31H,5-6,10,20H2,1-4H3/b29-18+/t31-/m1/s1. The molecule has 0 spiro atoms. The van der Waals surface area contributed by atoms with Gasteiger partial charge in [0.2, 0.25) is 0 Å². The maximum Gasteiger partial charge on any atom is 0.338 e. The average Bonchev–Trinajstić information content (AvgIpc) is 3.34. The number of methoxy groups -OCH3 is 2. The van der Waals surface area contributed by atoms with Gasteiger partial charge in [0.15, 0.2) is 16.3 Å². The number of carbonyl (C=O) groups is 1. The highest BCUT2D eigenvalue weighted by molar-refractivity contribution is 7.07. The van der Waals surface area contributed by atoms with Gasteiger partial charge >= 0.3 is 5.97 Å². The summed E-state index contributed by atoms with van der Waals surface area (Å²) < 4.78 is 24.7. The third-order valence-corrected chi connectivity index (χ3v) is 8.32. The van der Waals surface area contributed by atoms with Crippen molar-refractivity contribution in [1.29, 1.82) is 0 Å². The Bertz CT molecular complexity index is 1880. The van der Waals surface area contributed by atoms with E-state index >= 15 is 0 Å². The molecule has 1 aromatic heterocycles. The number of esters is 1. The highest BCUT2D eigenvalue weighted by Gasteiger charge is 2.36. The number of allylic oxidation sites excluding steroid dienone is 1. The second kappa shape index (κ2) is 14.0. The molecular weight excluding hydrogens is 600 g/mol. The molecule has 8 nitrogen and oxygen atoms in total. The summed E-state index contributed by atoms with van der Waals surface area (Å²) in [6.45, 7) is 4.33. The maximum atomic E-state index is 14.1. The lowest BCUT2D eigenvalue weighted by atomic mass is 9.93. The molecule has 0 fully saturated rings. The van der Waals surface area contributed by atoms with Crippen LogP contribution in [0.5, 0.6) is 17.2 Å². The molecule has 3 aromatic carbocycles. The van der Waals surface area contributed by atoms with E-state index in [1.54, 1.807) is 38.3 Å². The molecule has 44 heavy (non-hydrogen) atoms. The number of fused-ring (bicyclic) bond motifs is 1. The Kier molecular flexibility index (Phi) is 9.87. The number of hydrogen-bond donors (Lipinski definition) is 0. The van der Waals surface area contributed by atoms with Crippen LogP contribution in [0.1, 0.15) is 49.4 Å². The molecule has 0 saturated heterocycles. The van der Waals surface area contributed by atoms with Gasteiger partial charge in [-0.25, -0.2) is 9.79 Å². The van der Waals surface area contributed by atoms with Crippen molar-refractivity contribution in [2.45, 2.75) is 39.3 Å². The number of benzene rings is 3. The van der Waals surface area contributed by atoms with Gasteiger partial charge < -0.3 is 18.9 Å². The van der Waals surface area contributed by atoms with Gasteiger partial charge in [-0.1, -0.05) is 72.7 Å². The van der Waals surface area contributed by atoms with Crippen LogP contribution < -0.4 is 29.1 Å². The normalized spacial score (nSPS) is 14.6. The van der Waals surface area contributed by atoms with Crippen LogP contribution >= 0.6 is 22.9 Å². The number of hydrogen-bond acceptors (Lipinski definition) is 8. The van der Waals surface area contributed by atoms with Crippen LogP contribution in [0.25, 0.3) is 6.08 Å². The van der Waals surface area contributed by atoms with Crippen molar-refractivity contribution in [3.8, 4) is 17.2 Å². The average molecular weight is 633 g/mol. The largest absolute Gasteiger partial charge is 0.496 e. The van der Waals surface area contributed by atoms with Crippen molar-refractivity contribution < 1.29 is 23.7 Å². The summed E-state index contributed by atoms with van der Waals surface area (Å²) in [5.74, 6) is 1.09. The smallest absolute Gasteiger partial charge is 0.338 e. The maximum absolute atomic E-state index is 14.1. The summed E-state index contributed by atoms with van der Waals surface area (Å²) in [6.07, 6.45) is 3.06. The molecule has 0 N–H and O–H groups in total. The van der Waals surface area contributed by atoms with Crippen molar-refractivity contribution in [1.82, 2.24) is 4.57 Å². The zero-order valence-electron chi connectivity index (χ0n) is 25.0. The van der Waals surface area contributed by atoms with Gasteiger partial charge in [0.05, 0.1) is 36.6 Å². The summed E-state index contributed by atoms with van der Waals surface area (Å²) in [5, 5.41) is 0.446. The predicted molar refractivity (Wildman–Crippen MR) is 171 cm³/mol. The van der Waals surface area contributed by atoms with Crippen LogP contribution in [-0.2, 0) is 16.1 Å². The minimum absolute atomic E-state index is 0.179. The summed E-state index contributed by atoms with van der Waals surface area (Å²) in [6, 6.07) is 19.7. The second-order valence-corrected chi connectivity index (χ2v) is 11.4. The number of thiazole rings is 1. The van der Waals surface area contributed by atoms with E-state index in [9.17, 15) is 9.59 Å². The molecule has 0 unspecified atom stereocenters. The van der Waals surface area contributed by atoms with E-state index in [0.717, 1.165) is 17.5 Å². The number of ether oxygens (including phenoxy) is 4. The van der Waals surface area contributed by atoms with E-state index in [1.165, 1.54) is 23.0 Å². The number of nitrogens with zero attached hydrogens (tertiary/aromatic N) is 2. The number of rotatable bonds is 11. The van der Waals surface area contributed by atoms with Crippen LogP contribution in [0.3, 0.4) is 0 Å². The van der Waals surface area contributed by atoms with Gasteiger partial charge in [-0.15, -0.1) is 0 Å². The van der Waals surface area contributed by atoms with Gasteiger partial charge in [0.1, 0.15) is 18.4 Å². The highest BCUT2D eigenvalue weighted by Crippen LogP contribution is 2.38. The molecule has 0 radical (unpaired) electrons. The molecule has 1 aliphatic heterocycles. The van der Waals surface area contributed by atoms with Crippen molar-refractivity contribution in [3.63, 3.8) is 0 Å². The van der Waals surface area contributed by atoms with E-state index in [4.69, 9.17) is 35.5 Å². The fraction of sp³-hybridized carbons (Fsp3) is 0.265. The summed E-state index contributed by atoms with van der Waals surface area (Å²) in [4.78, 5) is 32.9. The fourth-order valence-corrected chi connectivity index (χ4v) is 6.31. The van der Waals surface area contributed by atoms with E-state index < -0.39 is 12.0 Å². The lowest BCUT2D eigenvalue weighted by Crippen LogP contribution is -2.40. The lowest BCUT2D eigenvalue weighted by Gasteiger charge is -2.27. The number of halogens is 1. The first kappa shape index (κ1) is 31.1. The summed E-state index contributed by atoms with van der Waals surface area (Å²) in [7, 11) is 3.12. The third kappa shape index (κ3) is 6.44. The fourth-order valence-electron chi connectivity index (χ4n) is 5.11. The Morgan fingerprint density at radius 2 is 1.75 bits per heavy atom. The Labute approximate surface area is 264 Å². The van der Waals surface area contributed by atoms with Gasteiger partial charge in [0, 0.05) is 10.6 Å². The van der Waals surface area contributed by atoms with E-state index in [1.807, 2.05) is 55.5 Å². The Hall–Kier alpha value is -4.34. The molecule has 0 bridgehead atoms. The van der Waals surface area contributed by atoms with E-state index in [2.05, 4.69) is 0 Å². The molecule has 228 valence electrons. The predicted octanol–water partition coefficient (Wildman–Crippen LogP) is 5.83. The van der Waals surface area contributed by atoms with E-state index in [-0.39, 0.29) is 12.2 Å². The van der Waals surface area contributed by atoms with Crippen molar-refractivity contribution in [2.24, 2.45) is 4.99 Å². The topological polar surface area (TPSA) is 88.4 Å². The first-order chi connectivity index (χ1) is 21.4. The number of carbonyl (C=O) groups excluding carboxylic acids is 1. The first-order valence-electron chi connectivity index (χ1n) is 14.3. The molecule has 0 saturated carbocycles. The Balaban J connectivity index is 1.63. The van der Waals surface area contributed by atoms with E-state index in [0.29, 0.717) is 61.5 Å². The van der Waals surface area contributed by atoms with Crippen molar-refractivity contribution >= 4 is 35.0 Å². The van der Waals surface area contributed by atoms with Crippen LogP contribution in [0, 0.1) is 0 Å². The molecule has 0 amide bonds. The molecule has 1 atom stereocenters. The third-order valence-electron chi connectivity index (χ3n) is 7.10. The van der Waals surface area contributed by atoms with Crippen LogP contribution in [0.4, 0.5) is 0 Å². The summed E-state index contributed by atoms with van der Waals surface area (Å²) >= 11 is 7.68. The Morgan fingerprint density at radius 1 is 1.00 bits per heavy atom. The van der Waals surface area contributed by atoms with Gasteiger partial charge in [-0.05, 0) is 60.9 Å². The SMILES string of the molecule is CCCC1=C(C(=O)OCC)[C@@H](c2cc(Cl)ccc2OC)n2c(s/c(=C/c3ccc(OCc4ccccc4)c(OC)c3)c2=O)=N1. The van der Waals surface area contributed by atoms with Crippen LogP contribution in [0.2, 0.25) is 5.02 Å². The molecule has 2 heterocycles. The van der Waals surface area contributed by atoms with Crippen molar-refractivity contribution in [2.75, 3.05) is 20.8 Å².